The SMILES string of the molecule is CCCCCCCCCCCCCCCCCC(=O)OC(=O)CC[C@H](N)C(=O)OC(=O)CCCCCCCCCCCCCCCCC.[H-].[H-].[Na+].[Na+]. The number of hydrogen-bond donors (Lipinski definition) is 1. The minimum Gasteiger partial charge on any atom is -1.00 e. The molecule has 0 bridgehead atoms. The van der Waals surface area contributed by atoms with E-state index >= 15 is 0 Å². The van der Waals surface area contributed by atoms with Gasteiger partial charge in [0.05, 0.1) is 0 Å². The molecule has 0 aromatic rings. The third-order valence-electron chi connectivity index (χ3n) is 9.37. The molecule has 0 aliphatic carbocycles. The van der Waals surface area contributed by atoms with E-state index in [1.807, 2.05) is 0 Å². The Balaban J connectivity index is -0.00000184. The van der Waals surface area contributed by atoms with Crippen LogP contribution in [0.3, 0.4) is 0 Å². The molecule has 0 aliphatic heterocycles. The van der Waals surface area contributed by atoms with E-state index in [-0.39, 0.29) is 87.7 Å². The zero-order valence-electron chi connectivity index (χ0n) is 35.6. The van der Waals surface area contributed by atoms with Crippen molar-refractivity contribution in [2.75, 3.05) is 0 Å². The van der Waals surface area contributed by atoms with E-state index in [2.05, 4.69) is 13.8 Å². The summed E-state index contributed by atoms with van der Waals surface area (Å²) < 4.78 is 9.73. The molecule has 0 aromatic carbocycles. The quantitative estimate of drug-likeness (QED) is 0.0365. The van der Waals surface area contributed by atoms with E-state index in [0.717, 1.165) is 25.7 Å². The van der Waals surface area contributed by atoms with Crippen LogP contribution in [-0.2, 0) is 28.7 Å². The van der Waals surface area contributed by atoms with Gasteiger partial charge in [0.2, 0.25) is 0 Å². The molecule has 0 radical (unpaired) electrons. The minimum absolute atomic E-state index is 0. The van der Waals surface area contributed by atoms with Crippen molar-refractivity contribution < 1.29 is 90.6 Å². The molecule has 0 spiro atoms. The second kappa shape index (κ2) is 43.6. The zero-order valence-corrected chi connectivity index (χ0v) is 37.6. The summed E-state index contributed by atoms with van der Waals surface area (Å²) in [6.07, 6.45) is 37.6. The summed E-state index contributed by atoms with van der Waals surface area (Å²) in [5, 5.41) is 0. The molecule has 2 N–H and O–H groups in total. The number of carbonyl (C=O) groups is 4. The van der Waals surface area contributed by atoms with Crippen molar-refractivity contribution in [2.24, 2.45) is 5.73 Å². The topological polar surface area (TPSA) is 113 Å². The van der Waals surface area contributed by atoms with Crippen molar-refractivity contribution in [3.8, 4) is 0 Å². The molecule has 9 heteroatoms. The molecule has 0 rings (SSSR count). The van der Waals surface area contributed by atoms with Crippen molar-refractivity contribution in [3.05, 3.63) is 0 Å². The summed E-state index contributed by atoms with van der Waals surface area (Å²) in [6, 6.07) is -1.10. The molecule has 7 nitrogen and oxygen atoms in total. The fraction of sp³-hybridized carbons (Fsp3) is 0.902. The van der Waals surface area contributed by atoms with Crippen molar-refractivity contribution in [3.63, 3.8) is 0 Å². The van der Waals surface area contributed by atoms with Crippen LogP contribution in [0.25, 0.3) is 0 Å². The van der Waals surface area contributed by atoms with Crippen molar-refractivity contribution in [1.29, 1.82) is 0 Å². The second-order valence-corrected chi connectivity index (χ2v) is 14.2. The first kappa shape index (κ1) is 54.6. The summed E-state index contributed by atoms with van der Waals surface area (Å²) in [7, 11) is 0. The molecule has 0 aliphatic rings. The number of carbonyl (C=O) groups excluding carboxylic acids is 4. The molecule has 1 atom stereocenters. The Kier molecular flexibility index (Phi) is 47.6. The standard InChI is InChI=1S/C41H77NO6.2Na.2H/c1-3-5-7-9-11-13-15-17-19-21-23-25-27-29-31-33-38(43)47-40(45)36-35-37(42)41(46)48-39(44)34-32-30-28-26-24-22-20-18-16-14-12-10-8-6-4-2;;;;/h37H,3-36,42H2,1-2H3;;;;/q;2*+1;2*-1/t37-;;;;/m0..../s1. The van der Waals surface area contributed by atoms with Gasteiger partial charge >= 0.3 is 83.0 Å². The molecule has 50 heavy (non-hydrogen) atoms. The second-order valence-electron chi connectivity index (χ2n) is 14.2. The van der Waals surface area contributed by atoms with Crippen molar-refractivity contribution in [2.45, 2.75) is 238 Å². The molecule has 0 heterocycles. The summed E-state index contributed by atoms with van der Waals surface area (Å²) in [5.74, 6) is -2.65. The van der Waals surface area contributed by atoms with E-state index in [4.69, 9.17) is 15.2 Å². The van der Waals surface area contributed by atoms with Crippen LogP contribution < -0.4 is 64.8 Å². The van der Waals surface area contributed by atoms with Crippen LogP contribution in [0.5, 0.6) is 0 Å². The maximum atomic E-state index is 12.1. The normalized spacial score (nSPS) is 11.3. The number of ether oxygens (including phenoxy) is 2. The van der Waals surface area contributed by atoms with Crippen LogP contribution in [0, 0.1) is 0 Å². The van der Waals surface area contributed by atoms with Crippen molar-refractivity contribution in [1.82, 2.24) is 0 Å². The molecule has 0 fully saturated rings. The van der Waals surface area contributed by atoms with Gasteiger partial charge in [0, 0.05) is 19.3 Å². The fourth-order valence-electron chi connectivity index (χ4n) is 6.14. The van der Waals surface area contributed by atoms with E-state index in [9.17, 15) is 19.2 Å². The number of rotatable bonds is 36. The number of unbranched alkanes of at least 4 members (excludes halogenated alkanes) is 28. The van der Waals surface area contributed by atoms with Crippen molar-refractivity contribution >= 4 is 23.9 Å². The van der Waals surface area contributed by atoms with Gasteiger partial charge in [-0.05, 0) is 19.3 Å². The summed E-state index contributed by atoms with van der Waals surface area (Å²) in [5.41, 5.74) is 5.81. The first-order valence-corrected chi connectivity index (χ1v) is 20.6. The van der Waals surface area contributed by atoms with Gasteiger partial charge < -0.3 is 18.1 Å². The molecule has 0 saturated heterocycles. The molecule has 286 valence electrons. The molecular formula is C41H79NNa2O6. The van der Waals surface area contributed by atoms with E-state index in [0.29, 0.717) is 12.8 Å². The number of esters is 4. The third-order valence-corrected chi connectivity index (χ3v) is 9.37. The Morgan fingerprint density at radius 1 is 0.400 bits per heavy atom. The van der Waals surface area contributed by atoms with Gasteiger partial charge in [0.1, 0.15) is 6.04 Å². The van der Waals surface area contributed by atoms with Crippen LogP contribution in [0.1, 0.15) is 235 Å². The minimum atomic E-state index is -1.10. The Hall–Kier alpha value is 0.240. The Morgan fingerprint density at radius 3 is 0.940 bits per heavy atom. The maximum absolute atomic E-state index is 12.1. The van der Waals surface area contributed by atoms with Gasteiger partial charge in [0.25, 0.3) is 0 Å². The zero-order chi connectivity index (χ0) is 35.3. The third kappa shape index (κ3) is 41.0. The van der Waals surface area contributed by atoms with Crippen LogP contribution >= 0.6 is 0 Å². The fourth-order valence-corrected chi connectivity index (χ4v) is 6.14. The number of hydrogen-bond acceptors (Lipinski definition) is 7. The van der Waals surface area contributed by atoms with Crippen LogP contribution in [0.4, 0.5) is 0 Å². The molecule has 0 unspecified atom stereocenters. The Bertz CT molecular complexity index is 794. The van der Waals surface area contributed by atoms with Gasteiger partial charge in [-0.2, -0.15) is 0 Å². The van der Waals surface area contributed by atoms with E-state index in [1.165, 1.54) is 154 Å². The van der Waals surface area contributed by atoms with E-state index < -0.39 is 29.9 Å². The summed E-state index contributed by atoms with van der Waals surface area (Å²) in [4.78, 5) is 48.1. The number of nitrogens with two attached hydrogens (primary N) is 1. The average molecular weight is 728 g/mol. The first-order valence-electron chi connectivity index (χ1n) is 20.6. The van der Waals surface area contributed by atoms with Crippen LogP contribution in [0.2, 0.25) is 0 Å². The largest absolute Gasteiger partial charge is 1.00 e. The van der Waals surface area contributed by atoms with Crippen LogP contribution in [-0.4, -0.2) is 29.9 Å². The molecule has 0 amide bonds. The maximum Gasteiger partial charge on any atom is 1.00 e. The summed E-state index contributed by atoms with van der Waals surface area (Å²) in [6.45, 7) is 4.51. The molecule has 0 saturated carbocycles. The Labute approximate surface area is 355 Å². The monoisotopic (exact) mass is 728 g/mol. The van der Waals surface area contributed by atoms with Gasteiger partial charge in [-0.15, -0.1) is 0 Å². The van der Waals surface area contributed by atoms with Gasteiger partial charge in [-0.3, -0.25) is 14.4 Å². The summed E-state index contributed by atoms with van der Waals surface area (Å²) >= 11 is 0. The predicted octanol–water partition coefficient (Wildman–Crippen LogP) is 5.99. The average Bonchev–Trinajstić information content (AvgIpc) is 3.07. The predicted molar refractivity (Wildman–Crippen MR) is 201 cm³/mol. The van der Waals surface area contributed by atoms with Gasteiger partial charge in [0.15, 0.2) is 0 Å². The molecule has 0 aromatic heterocycles. The van der Waals surface area contributed by atoms with Gasteiger partial charge in [-0.25, -0.2) is 4.79 Å². The van der Waals surface area contributed by atoms with Gasteiger partial charge in [-0.1, -0.05) is 194 Å². The Morgan fingerprint density at radius 2 is 0.640 bits per heavy atom. The molecular weight excluding hydrogens is 648 g/mol. The van der Waals surface area contributed by atoms with Crippen LogP contribution in [0.15, 0.2) is 0 Å². The first-order chi connectivity index (χ1) is 23.4. The smallest absolute Gasteiger partial charge is 1.00 e. The van der Waals surface area contributed by atoms with E-state index in [1.54, 1.807) is 0 Å².